The SMILES string of the molecule is CCOC(=O)c1nc2cc(C)c(C)cc2nc1N1CCN(S(=O)(=O)c2ccccc2C)CC1. The van der Waals surface area contributed by atoms with Crippen LogP contribution in [0.25, 0.3) is 11.0 Å². The van der Waals surface area contributed by atoms with E-state index < -0.39 is 16.0 Å². The number of sulfonamides is 1. The van der Waals surface area contributed by atoms with Gasteiger partial charge in [-0.1, -0.05) is 18.2 Å². The first kappa shape index (κ1) is 23.1. The summed E-state index contributed by atoms with van der Waals surface area (Å²) in [7, 11) is -3.60. The molecule has 0 N–H and O–H groups in total. The van der Waals surface area contributed by atoms with E-state index in [1.165, 1.54) is 4.31 Å². The fourth-order valence-electron chi connectivity index (χ4n) is 3.98. The van der Waals surface area contributed by atoms with Crippen molar-refractivity contribution in [2.45, 2.75) is 32.6 Å². The van der Waals surface area contributed by atoms with E-state index in [2.05, 4.69) is 4.98 Å². The summed E-state index contributed by atoms with van der Waals surface area (Å²) in [5, 5.41) is 0. The number of nitrogens with zero attached hydrogens (tertiary/aromatic N) is 4. The van der Waals surface area contributed by atoms with Crippen LogP contribution in [0.3, 0.4) is 0 Å². The second-order valence-electron chi connectivity index (χ2n) is 8.20. The number of aromatic nitrogens is 2. The van der Waals surface area contributed by atoms with Crippen LogP contribution in [0, 0.1) is 20.8 Å². The van der Waals surface area contributed by atoms with Crippen molar-refractivity contribution in [2.24, 2.45) is 0 Å². The lowest BCUT2D eigenvalue weighted by Gasteiger charge is -2.35. The Bertz CT molecular complexity index is 1320. The first-order valence-corrected chi connectivity index (χ1v) is 12.4. The van der Waals surface area contributed by atoms with E-state index in [9.17, 15) is 13.2 Å². The number of ether oxygens (including phenoxy) is 1. The molecule has 0 bridgehead atoms. The highest BCUT2D eigenvalue weighted by Crippen LogP contribution is 2.27. The van der Waals surface area contributed by atoms with Crippen LogP contribution >= 0.6 is 0 Å². The first-order chi connectivity index (χ1) is 15.7. The molecule has 0 amide bonds. The average Bonchev–Trinajstić information content (AvgIpc) is 2.79. The van der Waals surface area contributed by atoms with Gasteiger partial charge in [-0.3, -0.25) is 0 Å². The van der Waals surface area contributed by atoms with Gasteiger partial charge in [0, 0.05) is 26.2 Å². The fraction of sp³-hybridized carbons (Fsp3) is 0.375. The van der Waals surface area contributed by atoms with E-state index in [1.807, 2.05) is 36.9 Å². The number of rotatable bonds is 5. The van der Waals surface area contributed by atoms with Gasteiger partial charge >= 0.3 is 5.97 Å². The van der Waals surface area contributed by atoms with Crippen LogP contribution < -0.4 is 4.90 Å². The number of anilines is 1. The van der Waals surface area contributed by atoms with Gasteiger partial charge in [-0.15, -0.1) is 0 Å². The zero-order valence-corrected chi connectivity index (χ0v) is 20.1. The van der Waals surface area contributed by atoms with Crippen LogP contribution in [0.4, 0.5) is 5.82 Å². The van der Waals surface area contributed by atoms with E-state index in [1.54, 1.807) is 32.0 Å². The van der Waals surface area contributed by atoms with Crippen LogP contribution in [-0.2, 0) is 14.8 Å². The molecule has 1 fully saturated rings. The van der Waals surface area contributed by atoms with Gasteiger partial charge in [-0.2, -0.15) is 4.31 Å². The van der Waals surface area contributed by atoms with Gasteiger partial charge in [0.25, 0.3) is 0 Å². The van der Waals surface area contributed by atoms with E-state index in [-0.39, 0.29) is 25.4 Å². The van der Waals surface area contributed by atoms with Gasteiger partial charge in [0.2, 0.25) is 10.0 Å². The normalized spacial score (nSPS) is 15.1. The molecule has 3 aromatic rings. The van der Waals surface area contributed by atoms with Crippen molar-refractivity contribution < 1.29 is 17.9 Å². The zero-order valence-electron chi connectivity index (χ0n) is 19.3. The van der Waals surface area contributed by atoms with Crippen molar-refractivity contribution >= 4 is 32.8 Å². The monoisotopic (exact) mass is 468 g/mol. The molecular formula is C24H28N4O4S. The molecule has 0 spiro atoms. The Morgan fingerprint density at radius 3 is 2.15 bits per heavy atom. The summed E-state index contributed by atoms with van der Waals surface area (Å²) in [6, 6.07) is 10.9. The number of benzene rings is 2. The molecule has 8 nitrogen and oxygen atoms in total. The third-order valence-electron chi connectivity index (χ3n) is 5.98. The van der Waals surface area contributed by atoms with Gasteiger partial charge in [0.1, 0.15) is 0 Å². The number of fused-ring (bicyclic) bond motifs is 1. The molecule has 0 radical (unpaired) electrons. The third-order valence-corrected chi connectivity index (χ3v) is 8.04. The molecule has 2 aromatic carbocycles. The van der Waals surface area contributed by atoms with Crippen LogP contribution in [0.15, 0.2) is 41.3 Å². The molecule has 0 aliphatic carbocycles. The van der Waals surface area contributed by atoms with E-state index in [0.717, 1.165) is 16.7 Å². The summed E-state index contributed by atoms with van der Waals surface area (Å²) in [6.07, 6.45) is 0. The lowest BCUT2D eigenvalue weighted by atomic mass is 10.1. The maximum Gasteiger partial charge on any atom is 0.360 e. The van der Waals surface area contributed by atoms with Crippen molar-refractivity contribution in [3.05, 3.63) is 58.8 Å². The summed E-state index contributed by atoms with van der Waals surface area (Å²) < 4.78 is 33.0. The van der Waals surface area contributed by atoms with Crippen LogP contribution in [0.1, 0.15) is 34.1 Å². The smallest absolute Gasteiger partial charge is 0.360 e. The van der Waals surface area contributed by atoms with Gasteiger partial charge in [0.15, 0.2) is 11.5 Å². The summed E-state index contributed by atoms with van der Waals surface area (Å²) in [5.41, 5.74) is 4.34. The number of piperazine rings is 1. The first-order valence-electron chi connectivity index (χ1n) is 11.0. The molecule has 9 heteroatoms. The average molecular weight is 469 g/mol. The van der Waals surface area contributed by atoms with Crippen molar-refractivity contribution in [3.8, 4) is 0 Å². The maximum atomic E-state index is 13.2. The molecule has 174 valence electrons. The Labute approximate surface area is 194 Å². The van der Waals surface area contributed by atoms with Crippen molar-refractivity contribution in [3.63, 3.8) is 0 Å². The molecular weight excluding hydrogens is 440 g/mol. The van der Waals surface area contributed by atoms with E-state index >= 15 is 0 Å². The van der Waals surface area contributed by atoms with E-state index in [0.29, 0.717) is 34.8 Å². The second kappa shape index (κ2) is 9.07. The molecule has 33 heavy (non-hydrogen) atoms. The Balaban J connectivity index is 1.66. The third kappa shape index (κ3) is 4.43. The standard InChI is InChI=1S/C24H28N4O4S/c1-5-32-24(29)22-23(26-20-15-18(4)17(3)14-19(20)25-22)27-10-12-28(13-11-27)33(30,31)21-9-7-6-8-16(21)2/h6-9,14-15H,5,10-13H2,1-4H3. The van der Waals surface area contributed by atoms with E-state index in [4.69, 9.17) is 9.72 Å². The topological polar surface area (TPSA) is 92.7 Å². The molecule has 0 atom stereocenters. The van der Waals surface area contributed by atoms with Gasteiger partial charge in [-0.25, -0.2) is 23.2 Å². The minimum atomic E-state index is -3.60. The molecule has 0 unspecified atom stereocenters. The highest BCUT2D eigenvalue weighted by atomic mass is 32.2. The van der Waals surface area contributed by atoms with Crippen molar-refractivity contribution in [1.82, 2.24) is 14.3 Å². The largest absolute Gasteiger partial charge is 0.461 e. The number of carbonyl (C=O) groups is 1. The molecule has 2 heterocycles. The Morgan fingerprint density at radius 2 is 1.55 bits per heavy atom. The molecule has 1 aliphatic heterocycles. The fourth-order valence-corrected chi connectivity index (χ4v) is 5.63. The lowest BCUT2D eigenvalue weighted by Crippen LogP contribution is -2.49. The molecule has 1 aromatic heterocycles. The predicted octanol–water partition coefficient (Wildman–Crippen LogP) is 3.24. The molecule has 0 saturated carbocycles. The highest BCUT2D eigenvalue weighted by molar-refractivity contribution is 7.89. The van der Waals surface area contributed by atoms with Crippen molar-refractivity contribution in [1.29, 1.82) is 0 Å². The summed E-state index contributed by atoms with van der Waals surface area (Å²) >= 11 is 0. The number of aryl methyl sites for hydroxylation is 3. The number of carbonyl (C=O) groups excluding carboxylic acids is 1. The Morgan fingerprint density at radius 1 is 0.939 bits per heavy atom. The minimum Gasteiger partial charge on any atom is -0.461 e. The van der Waals surface area contributed by atoms with Crippen LogP contribution in [-0.4, -0.2) is 61.4 Å². The quantitative estimate of drug-likeness (QED) is 0.531. The van der Waals surface area contributed by atoms with Gasteiger partial charge < -0.3 is 9.64 Å². The summed E-state index contributed by atoms with van der Waals surface area (Å²) in [4.78, 5) is 24.3. The highest BCUT2D eigenvalue weighted by Gasteiger charge is 2.32. The predicted molar refractivity (Wildman–Crippen MR) is 127 cm³/mol. The summed E-state index contributed by atoms with van der Waals surface area (Å²) in [5.74, 6) is -0.104. The molecule has 1 aliphatic rings. The van der Waals surface area contributed by atoms with Crippen molar-refractivity contribution in [2.75, 3.05) is 37.7 Å². The zero-order chi connectivity index (χ0) is 23.8. The molecule has 4 rings (SSSR count). The van der Waals surface area contributed by atoms with Gasteiger partial charge in [0.05, 0.1) is 22.5 Å². The van der Waals surface area contributed by atoms with Gasteiger partial charge in [-0.05, 0) is 62.6 Å². The summed E-state index contributed by atoms with van der Waals surface area (Å²) in [6.45, 7) is 9.11. The number of hydrogen-bond acceptors (Lipinski definition) is 7. The van der Waals surface area contributed by atoms with Crippen LogP contribution in [0.2, 0.25) is 0 Å². The number of hydrogen-bond donors (Lipinski definition) is 0. The Hall–Kier alpha value is -3.04. The van der Waals surface area contributed by atoms with Crippen LogP contribution in [0.5, 0.6) is 0 Å². The Kier molecular flexibility index (Phi) is 6.36. The second-order valence-corrected chi connectivity index (χ2v) is 10.1. The number of esters is 1. The molecule has 1 saturated heterocycles. The maximum absolute atomic E-state index is 13.2. The lowest BCUT2D eigenvalue weighted by molar-refractivity contribution is 0.0520. The minimum absolute atomic E-state index is 0.155.